The second kappa shape index (κ2) is 12.6. The molecule has 2 heterocycles. The van der Waals surface area contributed by atoms with Crippen LogP contribution in [0.25, 0.3) is 78.3 Å². The van der Waals surface area contributed by atoms with Gasteiger partial charge < -0.3 is 0 Å². The van der Waals surface area contributed by atoms with Gasteiger partial charge in [0.25, 0.3) is 0 Å². The minimum atomic E-state index is 0.603. The van der Waals surface area contributed by atoms with E-state index in [0.717, 1.165) is 67.2 Å². The summed E-state index contributed by atoms with van der Waals surface area (Å²) in [4.78, 5) is 15.4. The van der Waals surface area contributed by atoms with Crippen LogP contribution in [0.3, 0.4) is 0 Å². The minimum absolute atomic E-state index is 0.603. The third-order valence-corrected chi connectivity index (χ3v) is 8.51. The van der Waals surface area contributed by atoms with Crippen LogP contribution in [0.2, 0.25) is 0 Å². The molecule has 0 radical (unpaired) electrons. The molecule has 0 bridgehead atoms. The topological polar surface area (TPSA) is 62.5 Å². The van der Waals surface area contributed by atoms with E-state index in [2.05, 4.69) is 103 Å². The van der Waals surface area contributed by atoms with Gasteiger partial charge >= 0.3 is 0 Å². The Labute approximate surface area is 279 Å². The highest BCUT2D eigenvalue weighted by atomic mass is 14.8. The fourth-order valence-electron chi connectivity index (χ4n) is 6.02. The van der Waals surface area contributed by atoms with Crippen LogP contribution in [0.15, 0.2) is 170 Å². The van der Waals surface area contributed by atoms with Gasteiger partial charge in [-0.15, -0.1) is 0 Å². The van der Waals surface area contributed by atoms with Gasteiger partial charge in [0, 0.05) is 22.3 Å². The van der Waals surface area contributed by atoms with Crippen molar-refractivity contribution in [3.8, 4) is 73.4 Å². The first-order valence-electron chi connectivity index (χ1n) is 15.8. The fourth-order valence-corrected chi connectivity index (χ4v) is 6.02. The maximum atomic E-state index is 9.37. The number of hydrogen-bond donors (Lipinski definition) is 0. The van der Waals surface area contributed by atoms with Gasteiger partial charge in [0.15, 0.2) is 0 Å². The van der Waals surface area contributed by atoms with E-state index in [1.807, 2.05) is 72.8 Å². The summed E-state index contributed by atoms with van der Waals surface area (Å²) >= 11 is 0. The number of para-hydroxylation sites is 2. The zero-order chi connectivity index (χ0) is 32.3. The Morgan fingerprint density at radius 2 is 0.792 bits per heavy atom. The summed E-state index contributed by atoms with van der Waals surface area (Å²) in [5.41, 5.74) is 14.0. The molecule has 0 amide bonds. The maximum absolute atomic E-state index is 9.37. The number of hydrogen-bond acceptors (Lipinski definition) is 4. The molecule has 0 fully saturated rings. The van der Waals surface area contributed by atoms with Gasteiger partial charge in [-0.1, -0.05) is 127 Å². The van der Waals surface area contributed by atoms with E-state index in [-0.39, 0.29) is 0 Å². The largest absolute Gasteiger partial charge is 0.248 e. The number of aromatic nitrogens is 3. The van der Waals surface area contributed by atoms with Crippen LogP contribution in [0, 0.1) is 11.3 Å². The van der Waals surface area contributed by atoms with Crippen LogP contribution in [-0.4, -0.2) is 15.0 Å². The molecule has 0 aliphatic heterocycles. The Kier molecular flexibility index (Phi) is 7.54. The Morgan fingerprint density at radius 3 is 1.42 bits per heavy atom. The van der Waals surface area contributed by atoms with Crippen LogP contribution < -0.4 is 0 Å². The molecule has 0 spiro atoms. The standard InChI is InChI=1S/C44H28N4/c45-29-30-18-20-35(21-19-30)43-44(48-40-17-8-7-16-39(40)47-43)37-15-9-14-36(26-37)42-28-38(27-41(46-42)34-12-5-2-6-13-34)33-24-22-32(23-25-33)31-10-3-1-4-11-31/h1-28H. The minimum Gasteiger partial charge on any atom is -0.248 e. The van der Waals surface area contributed by atoms with Gasteiger partial charge in [0.1, 0.15) is 0 Å². The molecular weight excluding hydrogens is 585 g/mol. The van der Waals surface area contributed by atoms with Gasteiger partial charge in [-0.3, -0.25) is 0 Å². The molecule has 4 heteroatoms. The number of pyridine rings is 1. The zero-order valence-corrected chi connectivity index (χ0v) is 26.0. The van der Waals surface area contributed by atoms with E-state index in [0.29, 0.717) is 5.56 Å². The first kappa shape index (κ1) is 28.8. The normalized spacial score (nSPS) is 10.9. The van der Waals surface area contributed by atoms with Crippen LogP contribution in [0.1, 0.15) is 5.56 Å². The first-order chi connectivity index (χ1) is 23.7. The molecule has 224 valence electrons. The van der Waals surface area contributed by atoms with Crippen molar-refractivity contribution in [2.45, 2.75) is 0 Å². The van der Waals surface area contributed by atoms with Crippen molar-refractivity contribution < 1.29 is 0 Å². The van der Waals surface area contributed by atoms with Crippen molar-refractivity contribution in [1.29, 1.82) is 5.26 Å². The van der Waals surface area contributed by atoms with Gasteiger partial charge in [0.05, 0.1) is 45.4 Å². The van der Waals surface area contributed by atoms with Crippen molar-refractivity contribution in [3.05, 3.63) is 175 Å². The van der Waals surface area contributed by atoms with Crippen LogP contribution >= 0.6 is 0 Å². The molecule has 0 saturated heterocycles. The lowest BCUT2D eigenvalue weighted by atomic mass is 9.96. The van der Waals surface area contributed by atoms with E-state index in [1.54, 1.807) is 0 Å². The summed E-state index contributed by atoms with van der Waals surface area (Å²) in [7, 11) is 0. The van der Waals surface area contributed by atoms with Crippen LogP contribution in [0.5, 0.6) is 0 Å². The molecule has 48 heavy (non-hydrogen) atoms. The smallest absolute Gasteiger partial charge is 0.0991 e. The van der Waals surface area contributed by atoms with Gasteiger partial charge in [-0.25, -0.2) is 15.0 Å². The summed E-state index contributed by atoms with van der Waals surface area (Å²) in [5.74, 6) is 0. The van der Waals surface area contributed by atoms with Crippen molar-refractivity contribution in [1.82, 2.24) is 15.0 Å². The lowest BCUT2D eigenvalue weighted by Crippen LogP contribution is -1.96. The summed E-state index contributed by atoms with van der Waals surface area (Å²) < 4.78 is 0. The summed E-state index contributed by atoms with van der Waals surface area (Å²) in [6, 6.07) is 59.8. The Balaban J connectivity index is 1.26. The van der Waals surface area contributed by atoms with Crippen molar-refractivity contribution in [3.63, 3.8) is 0 Å². The third kappa shape index (κ3) is 5.73. The van der Waals surface area contributed by atoms with Crippen molar-refractivity contribution >= 4 is 11.0 Å². The Morgan fingerprint density at radius 1 is 0.333 bits per heavy atom. The zero-order valence-electron chi connectivity index (χ0n) is 26.0. The molecule has 4 nitrogen and oxygen atoms in total. The molecule has 8 rings (SSSR count). The van der Waals surface area contributed by atoms with Gasteiger partial charge in [-0.05, 0) is 64.7 Å². The molecule has 0 atom stereocenters. The molecule has 6 aromatic carbocycles. The molecule has 0 N–H and O–H groups in total. The number of benzene rings is 6. The second-order valence-corrected chi connectivity index (χ2v) is 11.6. The Hall–Kier alpha value is -6.70. The van der Waals surface area contributed by atoms with Crippen LogP contribution in [0.4, 0.5) is 0 Å². The quantitative estimate of drug-likeness (QED) is 0.187. The fraction of sp³-hybridized carbons (Fsp3) is 0. The average molecular weight is 613 g/mol. The van der Waals surface area contributed by atoms with E-state index < -0.39 is 0 Å². The second-order valence-electron chi connectivity index (χ2n) is 11.6. The van der Waals surface area contributed by atoms with E-state index in [4.69, 9.17) is 15.0 Å². The lowest BCUT2D eigenvalue weighted by Gasteiger charge is -2.13. The SMILES string of the molecule is N#Cc1ccc(-c2nc3ccccc3nc2-c2cccc(-c3cc(-c4ccc(-c5ccccc5)cc4)cc(-c4ccccc4)n3)c2)cc1. The number of nitrogens with zero attached hydrogens (tertiary/aromatic N) is 4. The predicted molar refractivity (Wildman–Crippen MR) is 195 cm³/mol. The monoisotopic (exact) mass is 612 g/mol. The third-order valence-electron chi connectivity index (χ3n) is 8.51. The predicted octanol–water partition coefficient (Wildman–Crippen LogP) is 10.9. The van der Waals surface area contributed by atoms with E-state index in [9.17, 15) is 5.26 Å². The van der Waals surface area contributed by atoms with Gasteiger partial charge in [-0.2, -0.15) is 5.26 Å². The highest BCUT2D eigenvalue weighted by molar-refractivity contribution is 5.88. The van der Waals surface area contributed by atoms with Crippen molar-refractivity contribution in [2.75, 3.05) is 0 Å². The number of rotatable bonds is 6. The summed E-state index contributed by atoms with van der Waals surface area (Å²) in [5, 5.41) is 9.37. The Bertz CT molecular complexity index is 2430. The van der Waals surface area contributed by atoms with E-state index >= 15 is 0 Å². The molecule has 2 aromatic heterocycles. The van der Waals surface area contributed by atoms with Crippen molar-refractivity contribution in [2.24, 2.45) is 0 Å². The molecule has 0 aliphatic carbocycles. The number of nitriles is 1. The highest BCUT2D eigenvalue weighted by Gasteiger charge is 2.16. The lowest BCUT2D eigenvalue weighted by molar-refractivity contribution is 1.29. The van der Waals surface area contributed by atoms with Crippen LogP contribution in [-0.2, 0) is 0 Å². The molecule has 0 aliphatic rings. The number of fused-ring (bicyclic) bond motifs is 1. The maximum Gasteiger partial charge on any atom is 0.0991 e. The molecule has 8 aromatic rings. The van der Waals surface area contributed by atoms with Gasteiger partial charge in [0.2, 0.25) is 0 Å². The summed E-state index contributed by atoms with van der Waals surface area (Å²) in [6.07, 6.45) is 0. The first-order valence-corrected chi connectivity index (χ1v) is 15.8. The van der Waals surface area contributed by atoms with E-state index in [1.165, 1.54) is 11.1 Å². The average Bonchev–Trinajstić information content (AvgIpc) is 3.18. The molecule has 0 saturated carbocycles. The molecular formula is C44H28N4. The molecule has 0 unspecified atom stereocenters. The highest BCUT2D eigenvalue weighted by Crippen LogP contribution is 2.35. The summed E-state index contributed by atoms with van der Waals surface area (Å²) in [6.45, 7) is 0.